The summed E-state index contributed by atoms with van der Waals surface area (Å²) in [5.41, 5.74) is 2.89. The highest BCUT2D eigenvalue weighted by Gasteiger charge is 1.99. The van der Waals surface area contributed by atoms with Crippen LogP contribution in [-0.2, 0) is 6.42 Å². The Morgan fingerprint density at radius 1 is 1.00 bits per heavy atom. The zero-order chi connectivity index (χ0) is 13.5. The predicted octanol–water partition coefficient (Wildman–Crippen LogP) is 3.32. The lowest BCUT2D eigenvalue weighted by Gasteiger charge is -2.02. The van der Waals surface area contributed by atoms with Crippen molar-refractivity contribution >= 4 is 0 Å². The molecular formula is C15H10N2O2. The van der Waals surface area contributed by atoms with E-state index in [1.807, 2.05) is 24.3 Å². The van der Waals surface area contributed by atoms with Gasteiger partial charge in [-0.3, -0.25) is 0 Å². The van der Waals surface area contributed by atoms with Gasteiger partial charge in [0.25, 0.3) is 6.26 Å². The van der Waals surface area contributed by atoms with E-state index in [-0.39, 0.29) is 0 Å². The van der Waals surface area contributed by atoms with Gasteiger partial charge in [0, 0.05) is 5.01 Å². The molecule has 0 atom stereocenters. The van der Waals surface area contributed by atoms with Crippen molar-refractivity contribution in [3.63, 3.8) is 0 Å². The van der Waals surface area contributed by atoms with Gasteiger partial charge in [0.15, 0.2) is 0 Å². The number of nitriles is 1. The van der Waals surface area contributed by atoms with Crippen LogP contribution in [0.5, 0.6) is 5.75 Å². The summed E-state index contributed by atoms with van der Waals surface area (Å²) in [5.74, 6) is 0.530. The molecule has 4 heteroatoms. The van der Waals surface area contributed by atoms with Gasteiger partial charge < -0.3 is 9.94 Å². The molecule has 0 aliphatic carbocycles. The van der Waals surface area contributed by atoms with Crippen LogP contribution < -0.4 is 4.74 Å². The molecule has 0 unspecified atom stereocenters. The lowest BCUT2D eigenvalue weighted by Crippen LogP contribution is -1.89. The largest absolute Gasteiger partial charge is 0.498 e. The number of nitrogens with zero attached hydrogens (tertiary/aromatic N) is 2. The van der Waals surface area contributed by atoms with E-state index in [1.165, 1.54) is 0 Å². The van der Waals surface area contributed by atoms with E-state index in [2.05, 4.69) is 11.1 Å². The van der Waals surface area contributed by atoms with Crippen LogP contribution >= 0.6 is 0 Å². The van der Waals surface area contributed by atoms with Crippen molar-refractivity contribution in [1.29, 1.82) is 5.26 Å². The quantitative estimate of drug-likeness (QED) is 0.620. The molecule has 0 aliphatic heterocycles. The van der Waals surface area contributed by atoms with Gasteiger partial charge in [-0.05, 0) is 41.8 Å². The molecule has 0 heterocycles. The number of benzene rings is 2. The van der Waals surface area contributed by atoms with Crippen LogP contribution in [0.2, 0.25) is 0 Å². The first kappa shape index (κ1) is 12.5. The second-order valence-corrected chi connectivity index (χ2v) is 3.91. The van der Waals surface area contributed by atoms with E-state index in [0.717, 1.165) is 17.5 Å². The van der Waals surface area contributed by atoms with Gasteiger partial charge in [-0.15, -0.1) is 5.26 Å². The topological polar surface area (TPSA) is 60.4 Å². The molecule has 0 saturated carbocycles. The minimum atomic E-state index is 0.530. The predicted molar refractivity (Wildman–Crippen MR) is 71.6 cm³/mol. The Bertz CT molecular complexity index is 644. The Hall–Kier alpha value is -2.98. The van der Waals surface area contributed by atoms with E-state index < -0.39 is 0 Å². The second-order valence-electron chi connectivity index (χ2n) is 3.91. The third-order valence-electron chi connectivity index (χ3n) is 2.62. The molecule has 2 aromatic carbocycles. The molecule has 0 N–H and O–H groups in total. The molecule has 0 fully saturated rings. The van der Waals surface area contributed by atoms with Crippen LogP contribution in [0.1, 0.15) is 16.7 Å². The van der Waals surface area contributed by atoms with Crippen molar-refractivity contribution in [1.82, 2.24) is 0 Å². The van der Waals surface area contributed by atoms with Crippen molar-refractivity contribution in [2.75, 3.05) is 0 Å². The average Bonchev–Trinajstić information content (AvgIpc) is 2.44. The van der Waals surface area contributed by atoms with Gasteiger partial charge in [0.2, 0.25) is 0 Å². The molecule has 2 rings (SSSR count). The number of hydrogen-bond acceptors (Lipinski definition) is 3. The van der Waals surface area contributed by atoms with Crippen LogP contribution in [0.4, 0.5) is 0 Å². The van der Waals surface area contributed by atoms with Crippen LogP contribution in [-0.4, -0.2) is 0 Å². The van der Waals surface area contributed by atoms with Gasteiger partial charge in [-0.1, -0.05) is 24.3 Å². The standard InChI is InChI=1S/C15H10N2O2/c16-11-19-15-7-5-13(6-8-15)9-12-1-3-14(4-2-12)10-17-18/h1-8H,9H2. The highest BCUT2D eigenvalue weighted by molar-refractivity contribution is 5.37. The maximum absolute atomic E-state index is 10.0. The Morgan fingerprint density at radius 2 is 1.58 bits per heavy atom. The maximum Gasteiger partial charge on any atom is 0.336 e. The normalized spacial score (nSPS) is 9.00. The molecule has 92 valence electrons. The van der Waals surface area contributed by atoms with E-state index in [1.54, 1.807) is 30.5 Å². The van der Waals surface area contributed by atoms with Crippen LogP contribution in [0.25, 0.3) is 5.01 Å². The SMILES string of the molecule is N#COc1ccc(Cc2ccc(C#[N+][O-])cc2)cc1. The maximum atomic E-state index is 10.0. The summed E-state index contributed by atoms with van der Waals surface area (Å²) in [6, 6.07) is 17.1. The van der Waals surface area contributed by atoms with Gasteiger partial charge in [0.05, 0.1) is 0 Å². The Balaban J connectivity index is 2.07. The summed E-state index contributed by atoms with van der Waals surface area (Å²) in [5, 5.41) is 21.0. The van der Waals surface area contributed by atoms with Gasteiger partial charge >= 0.3 is 6.07 Å². The molecule has 0 bridgehead atoms. The lowest BCUT2D eigenvalue weighted by molar-refractivity contribution is 0.507. The van der Waals surface area contributed by atoms with Crippen LogP contribution in [0, 0.1) is 22.8 Å². The third kappa shape index (κ3) is 3.49. The number of ether oxygens (including phenoxy) is 1. The van der Waals surface area contributed by atoms with Gasteiger partial charge in [0.1, 0.15) is 11.3 Å². The molecule has 0 saturated heterocycles. The fraction of sp³-hybridized carbons (Fsp3) is 0.0667. The molecule has 2 aromatic rings. The van der Waals surface area contributed by atoms with E-state index >= 15 is 0 Å². The van der Waals surface area contributed by atoms with Gasteiger partial charge in [-0.25, -0.2) is 0 Å². The first-order chi connectivity index (χ1) is 9.31. The first-order valence-corrected chi connectivity index (χ1v) is 5.64. The van der Waals surface area contributed by atoms with Crippen molar-refractivity contribution < 1.29 is 4.74 Å². The van der Waals surface area contributed by atoms with Crippen molar-refractivity contribution in [3.8, 4) is 18.1 Å². The fourth-order valence-electron chi connectivity index (χ4n) is 1.71. The lowest BCUT2D eigenvalue weighted by atomic mass is 10.0. The monoisotopic (exact) mass is 250 g/mol. The Morgan fingerprint density at radius 3 is 2.11 bits per heavy atom. The molecular weight excluding hydrogens is 240 g/mol. The third-order valence-corrected chi connectivity index (χ3v) is 2.62. The molecule has 0 radical (unpaired) electrons. The highest BCUT2D eigenvalue weighted by Crippen LogP contribution is 2.15. The zero-order valence-electron chi connectivity index (χ0n) is 10.0. The summed E-state index contributed by atoms with van der Waals surface area (Å²) in [6.07, 6.45) is 2.40. The first-order valence-electron chi connectivity index (χ1n) is 5.64. The summed E-state index contributed by atoms with van der Waals surface area (Å²) >= 11 is 0. The number of rotatable bonds is 3. The van der Waals surface area contributed by atoms with E-state index in [0.29, 0.717) is 11.3 Å². The smallest absolute Gasteiger partial charge is 0.336 e. The van der Waals surface area contributed by atoms with Crippen molar-refractivity contribution in [2.45, 2.75) is 6.42 Å². The van der Waals surface area contributed by atoms with E-state index in [9.17, 15) is 5.21 Å². The molecule has 0 amide bonds. The molecule has 0 aliphatic rings. The van der Waals surface area contributed by atoms with Crippen molar-refractivity contribution in [3.05, 3.63) is 75.4 Å². The number of hydrogen-bond donors (Lipinski definition) is 0. The van der Waals surface area contributed by atoms with Crippen LogP contribution in [0.3, 0.4) is 0 Å². The minimum absolute atomic E-state index is 0.530. The Kier molecular flexibility index (Phi) is 4.00. The summed E-state index contributed by atoms with van der Waals surface area (Å²) in [7, 11) is 0. The van der Waals surface area contributed by atoms with E-state index in [4.69, 9.17) is 10.00 Å². The molecule has 0 spiro atoms. The summed E-state index contributed by atoms with van der Waals surface area (Å²) in [4.78, 5) is 0. The Labute approximate surface area is 110 Å². The summed E-state index contributed by atoms with van der Waals surface area (Å²) in [6.45, 7) is 0. The van der Waals surface area contributed by atoms with Crippen molar-refractivity contribution in [2.24, 2.45) is 0 Å². The highest BCUT2D eigenvalue weighted by atomic mass is 16.5. The minimum Gasteiger partial charge on any atom is -0.498 e. The summed E-state index contributed by atoms with van der Waals surface area (Å²) < 4.78 is 4.71. The average molecular weight is 250 g/mol. The van der Waals surface area contributed by atoms with Crippen LogP contribution in [0.15, 0.2) is 48.5 Å². The second kappa shape index (κ2) is 6.09. The van der Waals surface area contributed by atoms with Gasteiger partial charge in [-0.2, -0.15) is 0 Å². The molecule has 0 aromatic heterocycles. The zero-order valence-corrected chi connectivity index (χ0v) is 10.0. The molecule has 4 nitrogen and oxygen atoms in total. The fourth-order valence-corrected chi connectivity index (χ4v) is 1.71. The molecule has 19 heavy (non-hydrogen) atoms.